The molecule has 0 radical (unpaired) electrons. The first-order chi connectivity index (χ1) is 9.90. The van der Waals surface area contributed by atoms with Crippen molar-refractivity contribution < 1.29 is 24.0 Å². The number of carbonyl (C=O) groups is 1. The number of nitro benzene ring substituents is 1. The fourth-order valence-corrected chi connectivity index (χ4v) is 1.83. The van der Waals surface area contributed by atoms with E-state index in [1.54, 1.807) is 0 Å². The number of nitro groups is 1. The minimum absolute atomic E-state index is 0.253. The van der Waals surface area contributed by atoms with Gasteiger partial charge in [0.2, 0.25) is 5.75 Å². The van der Waals surface area contributed by atoms with Gasteiger partial charge in [0.1, 0.15) is 5.56 Å². The lowest BCUT2D eigenvalue weighted by molar-refractivity contribution is -0.385. The maximum atomic E-state index is 13.9. The van der Waals surface area contributed by atoms with Gasteiger partial charge in [-0.3, -0.25) is 10.1 Å². The molecular weight excluding hydrogens is 351 g/mol. The normalized spacial score (nSPS) is 10.2. The van der Waals surface area contributed by atoms with Crippen molar-refractivity contribution in [3.63, 3.8) is 0 Å². The van der Waals surface area contributed by atoms with Crippen molar-refractivity contribution in [3.05, 3.63) is 56.4 Å². The number of pyridine rings is 1. The van der Waals surface area contributed by atoms with Crippen LogP contribution in [0.3, 0.4) is 0 Å². The Bertz CT molecular complexity index is 738. The van der Waals surface area contributed by atoms with Crippen LogP contribution in [0.4, 0.5) is 10.1 Å². The number of benzene rings is 1. The summed E-state index contributed by atoms with van der Waals surface area (Å²) in [5, 5.41) is 19.7. The molecule has 0 spiro atoms. The van der Waals surface area contributed by atoms with E-state index in [9.17, 15) is 19.3 Å². The first kappa shape index (κ1) is 14.9. The van der Waals surface area contributed by atoms with Crippen LogP contribution in [0, 0.1) is 15.9 Å². The Morgan fingerprint density at radius 2 is 2.14 bits per heavy atom. The van der Waals surface area contributed by atoms with Crippen molar-refractivity contribution in [2.24, 2.45) is 0 Å². The summed E-state index contributed by atoms with van der Waals surface area (Å²) in [6.45, 7) is 0. The molecule has 9 heteroatoms. The van der Waals surface area contributed by atoms with E-state index in [1.165, 1.54) is 18.2 Å². The SMILES string of the molecule is O=C(O)c1ccnc(Oc2ccc(Br)cc2[N+](=O)[O-])c1F. The van der Waals surface area contributed by atoms with Crippen LogP contribution in [0.1, 0.15) is 10.4 Å². The van der Waals surface area contributed by atoms with Gasteiger partial charge in [-0.15, -0.1) is 0 Å². The number of aromatic nitrogens is 1. The summed E-state index contributed by atoms with van der Waals surface area (Å²) in [7, 11) is 0. The molecular formula is C12H6BrFN2O5. The average Bonchev–Trinajstić information content (AvgIpc) is 2.42. The summed E-state index contributed by atoms with van der Waals surface area (Å²) in [6.07, 6.45) is 1.03. The van der Waals surface area contributed by atoms with Crippen molar-refractivity contribution >= 4 is 27.6 Å². The first-order valence-electron chi connectivity index (χ1n) is 5.39. The third kappa shape index (κ3) is 3.14. The van der Waals surface area contributed by atoms with Crippen LogP contribution in [0.5, 0.6) is 11.6 Å². The van der Waals surface area contributed by atoms with Crippen LogP contribution in [-0.2, 0) is 0 Å². The zero-order chi connectivity index (χ0) is 15.6. The predicted octanol–water partition coefficient (Wildman–Crippen LogP) is 3.38. The van der Waals surface area contributed by atoms with Gasteiger partial charge in [0.15, 0.2) is 5.82 Å². The third-order valence-electron chi connectivity index (χ3n) is 2.41. The second kappa shape index (κ2) is 5.83. The molecule has 1 aromatic carbocycles. The lowest BCUT2D eigenvalue weighted by Crippen LogP contribution is -2.04. The quantitative estimate of drug-likeness (QED) is 0.665. The molecule has 7 nitrogen and oxygen atoms in total. The van der Waals surface area contributed by atoms with E-state index in [1.807, 2.05) is 0 Å². The molecule has 2 aromatic rings. The van der Waals surface area contributed by atoms with Gasteiger partial charge in [0, 0.05) is 16.7 Å². The van der Waals surface area contributed by atoms with E-state index in [0.717, 1.165) is 12.3 Å². The molecule has 0 atom stereocenters. The molecule has 0 saturated heterocycles. The summed E-state index contributed by atoms with van der Waals surface area (Å²) in [5.41, 5.74) is -1.05. The van der Waals surface area contributed by atoms with E-state index < -0.39 is 33.8 Å². The molecule has 0 bridgehead atoms. The van der Waals surface area contributed by atoms with Gasteiger partial charge < -0.3 is 9.84 Å². The molecule has 0 aliphatic heterocycles. The van der Waals surface area contributed by atoms with Crippen LogP contribution >= 0.6 is 15.9 Å². The molecule has 2 rings (SSSR count). The zero-order valence-electron chi connectivity index (χ0n) is 10.1. The number of carboxylic acids is 1. The average molecular weight is 357 g/mol. The Morgan fingerprint density at radius 3 is 2.76 bits per heavy atom. The summed E-state index contributed by atoms with van der Waals surface area (Å²) in [5.74, 6) is -3.61. The van der Waals surface area contributed by atoms with E-state index >= 15 is 0 Å². The number of nitrogens with zero attached hydrogens (tertiary/aromatic N) is 2. The van der Waals surface area contributed by atoms with Gasteiger partial charge in [0.25, 0.3) is 5.88 Å². The van der Waals surface area contributed by atoms with E-state index in [2.05, 4.69) is 20.9 Å². The van der Waals surface area contributed by atoms with Crippen molar-refractivity contribution in [2.75, 3.05) is 0 Å². The summed E-state index contributed by atoms with van der Waals surface area (Å²) in [4.78, 5) is 24.6. The molecule has 108 valence electrons. The second-order valence-corrected chi connectivity index (χ2v) is 4.67. The molecule has 0 aliphatic carbocycles. The molecule has 21 heavy (non-hydrogen) atoms. The highest BCUT2D eigenvalue weighted by Gasteiger charge is 2.21. The number of halogens is 2. The molecule has 0 unspecified atom stereocenters. The largest absolute Gasteiger partial charge is 0.478 e. The molecule has 0 saturated carbocycles. The molecule has 1 N–H and O–H groups in total. The monoisotopic (exact) mass is 356 g/mol. The molecule has 1 aromatic heterocycles. The highest BCUT2D eigenvalue weighted by molar-refractivity contribution is 9.10. The Morgan fingerprint density at radius 1 is 1.43 bits per heavy atom. The van der Waals surface area contributed by atoms with Crippen LogP contribution in [0.15, 0.2) is 34.9 Å². The lowest BCUT2D eigenvalue weighted by atomic mass is 10.2. The van der Waals surface area contributed by atoms with Gasteiger partial charge in [-0.05, 0) is 18.2 Å². The number of hydrogen-bond donors (Lipinski definition) is 1. The van der Waals surface area contributed by atoms with Gasteiger partial charge in [0.05, 0.1) is 4.92 Å². The number of rotatable bonds is 4. The van der Waals surface area contributed by atoms with Crippen LogP contribution in [0.2, 0.25) is 0 Å². The van der Waals surface area contributed by atoms with Crippen LogP contribution < -0.4 is 4.74 Å². The maximum absolute atomic E-state index is 13.9. The Labute approximate surface area is 125 Å². The highest BCUT2D eigenvalue weighted by Crippen LogP contribution is 2.34. The standard InChI is InChI=1S/C12H6BrFN2O5/c13-6-1-2-9(8(5-6)16(19)20)21-11-10(14)7(12(17)18)3-4-15-11/h1-5H,(H,17,18). The topological polar surface area (TPSA) is 103 Å². The van der Waals surface area contributed by atoms with E-state index in [4.69, 9.17) is 9.84 Å². The van der Waals surface area contributed by atoms with Crippen LogP contribution in [0.25, 0.3) is 0 Å². The number of aromatic carboxylic acids is 1. The number of ether oxygens (including phenoxy) is 1. The molecule has 1 heterocycles. The summed E-state index contributed by atoms with van der Waals surface area (Å²) < 4.78 is 19.3. The Kier molecular flexibility index (Phi) is 4.13. The molecule has 0 fully saturated rings. The van der Waals surface area contributed by atoms with Crippen molar-refractivity contribution in [2.45, 2.75) is 0 Å². The fourth-order valence-electron chi connectivity index (χ4n) is 1.48. The van der Waals surface area contributed by atoms with Crippen molar-refractivity contribution in [3.8, 4) is 11.6 Å². The second-order valence-electron chi connectivity index (χ2n) is 3.75. The van der Waals surface area contributed by atoms with Gasteiger partial charge in [-0.25, -0.2) is 14.2 Å². The van der Waals surface area contributed by atoms with Gasteiger partial charge in [-0.2, -0.15) is 0 Å². The smallest absolute Gasteiger partial charge is 0.338 e. The van der Waals surface area contributed by atoms with Crippen LogP contribution in [-0.4, -0.2) is 21.0 Å². The number of carboxylic acid groups (broad SMARTS) is 1. The minimum Gasteiger partial charge on any atom is -0.478 e. The fraction of sp³-hybridized carbons (Fsp3) is 0. The van der Waals surface area contributed by atoms with E-state index in [0.29, 0.717) is 4.47 Å². The van der Waals surface area contributed by atoms with Crippen molar-refractivity contribution in [1.29, 1.82) is 0 Å². The first-order valence-corrected chi connectivity index (χ1v) is 6.19. The Balaban J connectivity index is 2.46. The Hall–Kier alpha value is -2.55. The summed E-state index contributed by atoms with van der Waals surface area (Å²) in [6, 6.07) is 4.84. The van der Waals surface area contributed by atoms with Crippen molar-refractivity contribution in [1.82, 2.24) is 4.98 Å². The minimum atomic E-state index is -1.50. The van der Waals surface area contributed by atoms with Gasteiger partial charge in [-0.1, -0.05) is 15.9 Å². The highest BCUT2D eigenvalue weighted by atomic mass is 79.9. The molecule has 0 amide bonds. The number of hydrogen-bond acceptors (Lipinski definition) is 5. The third-order valence-corrected chi connectivity index (χ3v) is 2.91. The molecule has 0 aliphatic rings. The lowest BCUT2D eigenvalue weighted by Gasteiger charge is -2.07. The van der Waals surface area contributed by atoms with Gasteiger partial charge >= 0.3 is 11.7 Å². The summed E-state index contributed by atoms with van der Waals surface area (Å²) >= 11 is 3.07. The predicted molar refractivity (Wildman–Crippen MR) is 72.0 cm³/mol. The zero-order valence-corrected chi connectivity index (χ0v) is 11.7. The van der Waals surface area contributed by atoms with E-state index in [-0.39, 0.29) is 5.75 Å². The maximum Gasteiger partial charge on any atom is 0.338 e.